The van der Waals surface area contributed by atoms with Crippen LogP contribution in [0.15, 0.2) is 42.5 Å². The zero-order valence-electron chi connectivity index (χ0n) is 22.1. The lowest BCUT2D eigenvalue weighted by atomic mass is 9.62. The topological polar surface area (TPSA) is 105 Å². The van der Waals surface area contributed by atoms with Crippen LogP contribution >= 0.6 is 0 Å². The quantitative estimate of drug-likeness (QED) is 0.556. The summed E-state index contributed by atoms with van der Waals surface area (Å²) in [5.74, 6) is -3.06. The van der Waals surface area contributed by atoms with Gasteiger partial charge in [-0.15, -0.1) is 0 Å². The van der Waals surface area contributed by atoms with Gasteiger partial charge in [-0.25, -0.2) is 0 Å². The fourth-order valence-electron chi connectivity index (χ4n) is 7.02. The highest BCUT2D eigenvalue weighted by atomic mass is 16.6. The van der Waals surface area contributed by atoms with Crippen LogP contribution in [-0.4, -0.2) is 64.3 Å². The maximum atomic E-state index is 14.1. The zero-order valence-corrected chi connectivity index (χ0v) is 22.1. The highest BCUT2D eigenvalue weighted by molar-refractivity contribution is 6.04. The molecule has 0 saturated carbocycles. The molecule has 3 heterocycles. The normalized spacial score (nSPS) is 33.2. The second kappa shape index (κ2) is 9.10. The summed E-state index contributed by atoms with van der Waals surface area (Å²) in [6, 6.07) is 11.9. The Kier molecular flexibility index (Phi) is 6.31. The molecular formula is C29H36N2O6. The summed E-state index contributed by atoms with van der Waals surface area (Å²) in [6.45, 7) is 9.28. The van der Waals surface area contributed by atoms with E-state index in [0.717, 1.165) is 10.8 Å². The lowest BCUT2D eigenvalue weighted by molar-refractivity contribution is -0.162. The second-order valence-corrected chi connectivity index (χ2v) is 11.2. The van der Waals surface area contributed by atoms with Gasteiger partial charge in [0.2, 0.25) is 11.8 Å². The van der Waals surface area contributed by atoms with Gasteiger partial charge in [-0.05, 0) is 55.0 Å². The minimum Gasteiger partial charge on any atom is -0.466 e. The molecule has 5 rings (SSSR count). The van der Waals surface area contributed by atoms with Crippen molar-refractivity contribution >= 4 is 34.2 Å². The minimum atomic E-state index is -1.19. The average Bonchev–Trinajstić information content (AvgIpc) is 3.36. The molecule has 3 fully saturated rings. The summed E-state index contributed by atoms with van der Waals surface area (Å²) in [4.78, 5) is 43.0. The largest absolute Gasteiger partial charge is 0.466 e. The van der Waals surface area contributed by atoms with Crippen LogP contribution in [0.1, 0.15) is 41.0 Å². The molecular weight excluding hydrogens is 472 g/mol. The molecule has 3 saturated heterocycles. The number of ether oxygens (including phenoxy) is 2. The van der Waals surface area contributed by atoms with Crippen molar-refractivity contribution in [3.63, 3.8) is 0 Å². The Morgan fingerprint density at radius 3 is 2.57 bits per heavy atom. The summed E-state index contributed by atoms with van der Waals surface area (Å²) in [7, 11) is 0. The number of rotatable bonds is 7. The van der Waals surface area contributed by atoms with Gasteiger partial charge in [-0.3, -0.25) is 14.4 Å². The third-order valence-corrected chi connectivity index (χ3v) is 8.87. The molecule has 198 valence electrons. The lowest BCUT2D eigenvalue weighted by Crippen LogP contribution is -2.57. The molecule has 8 nitrogen and oxygen atoms in total. The lowest BCUT2D eigenvalue weighted by Gasteiger charge is -2.38. The van der Waals surface area contributed by atoms with E-state index in [1.807, 2.05) is 70.2 Å². The van der Waals surface area contributed by atoms with Crippen LogP contribution in [0.3, 0.4) is 0 Å². The molecule has 2 bridgehead atoms. The first kappa shape index (κ1) is 25.7. The summed E-state index contributed by atoms with van der Waals surface area (Å²) in [6.07, 6.45) is 0.457. The minimum absolute atomic E-state index is 0.0755. The standard InChI is InChI=1S/C29H36N2O6/c1-6-36-27(35)23-22-26(34)31(21(15-32)16(2)3)24(29(22)14-17(4)28(23,5)37-29)25(33)30-20-12-11-18-9-7-8-10-19(18)13-20/h7-13,16-17,21-24,32H,6,14-15H2,1-5H3,(H,30,33)/t17?,21-,22-,23+,24?,28-,29?/m0/s1. The monoisotopic (exact) mass is 508 g/mol. The number of aliphatic hydroxyl groups is 1. The van der Waals surface area contributed by atoms with E-state index in [1.165, 1.54) is 4.90 Å². The van der Waals surface area contributed by atoms with Crippen LogP contribution in [0.25, 0.3) is 10.8 Å². The fourth-order valence-corrected chi connectivity index (χ4v) is 7.02. The van der Waals surface area contributed by atoms with Gasteiger partial charge in [0.15, 0.2) is 0 Å². The van der Waals surface area contributed by atoms with Crippen molar-refractivity contribution < 1.29 is 29.0 Å². The van der Waals surface area contributed by atoms with Crippen molar-refractivity contribution in [2.45, 2.75) is 64.3 Å². The van der Waals surface area contributed by atoms with Crippen LogP contribution in [0.2, 0.25) is 0 Å². The highest BCUT2D eigenvalue weighted by Gasteiger charge is 2.80. The number of hydrogen-bond acceptors (Lipinski definition) is 6. The van der Waals surface area contributed by atoms with Crippen molar-refractivity contribution in [1.82, 2.24) is 4.90 Å². The van der Waals surface area contributed by atoms with Crippen molar-refractivity contribution in [2.75, 3.05) is 18.5 Å². The first-order chi connectivity index (χ1) is 17.6. The van der Waals surface area contributed by atoms with Crippen molar-refractivity contribution in [1.29, 1.82) is 0 Å². The van der Waals surface area contributed by atoms with E-state index >= 15 is 0 Å². The maximum absolute atomic E-state index is 14.1. The molecule has 0 radical (unpaired) electrons. The Hall–Kier alpha value is -2.97. The number of carbonyl (C=O) groups excluding carboxylic acids is 3. The Bertz CT molecular complexity index is 1250. The van der Waals surface area contributed by atoms with Gasteiger partial charge >= 0.3 is 5.97 Å². The number of fused-ring (bicyclic) bond motifs is 2. The Morgan fingerprint density at radius 1 is 1.22 bits per heavy atom. The van der Waals surface area contributed by atoms with Gasteiger partial charge in [-0.1, -0.05) is 51.1 Å². The van der Waals surface area contributed by atoms with Gasteiger partial charge in [0, 0.05) is 5.69 Å². The fraction of sp³-hybridized carbons (Fsp3) is 0.552. The summed E-state index contributed by atoms with van der Waals surface area (Å²) in [5.41, 5.74) is -1.51. The summed E-state index contributed by atoms with van der Waals surface area (Å²) >= 11 is 0. The van der Waals surface area contributed by atoms with E-state index in [2.05, 4.69) is 5.32 Å². The second-order valence-electron chi connectivity index (χ2n) is 11.2. The van der Waals surface area contributed by atoms with E-state index in [4.69, 9.17) is 9.47 Å². The van der Waals surface area contributed by atoms with E-state index in [9.17, 15) is 19.5 Å². The zero-order chi connectivity index (χ0) is 26.7. The molecule has 8 heteroatoms. The number of nitrogens with one attached hydrogen (secondary N) is 1. The van der Waals surface area contributed by atoms with Gasteiger partial charge in [-0.2, -0.15) is 0 Å². The van der Waals surface area contributed by atoms with Crippen molar-refractivity contribution in [3.05, 3.63) is 42.5 Å². The van der Waals surface area contributed by atoms with Crippen molar-refractivity contribution in [2.24, 2.45) is 23.7 Å². The highest BCUT2D eigenvalue weighted by Crippen LogP contribution is 2.65. The number of likely N-dealkylation sites (tertiary alicyclic amines) is 1. The number of anilines is 1. The van der Waals surface area contributed by atoms with Crippen LogP contribution in [-0.2, 0) is 23.9 Å². The third-order valence-electron chi connectivity index (χ3n) is 8.87. The maximum Gasteiger partial charge on any atom is 0.312 e. The molecule has 3 unspecified atom stereocenters. The van der Waals surface area contributed by atoms with Crippen LogP contribution < -0.4 is 5.32 Å². The Morgan fingerprint density at radius 2 is 1.92 bits per heavy atom. The molecule has 7 atom stereocenters. The molecule has 2 amide bonds. The van der Waals surface area contributed by atoms with Crippen LogP contribution in [0.4, 0.5) is 5.69 Å². The molecule has 0 aromatic heterocycles. The Balaban J connectivity index is 1.59. The number of aliphatic hydroxyl groups excluding tert-OH is 1. The SMILES string of the molecule is CCOC(=O)[C@H]1[C@H]2C(=O)N([C@@H](CO)C(C)C)C(C(=O)Nc3ccc4ccccc4c3)C23CC(C)[C@]1(C)O3. The smallest absolute Gasteiger partial charge is 0.312 e. The van der Waals surface area contributed by atoms with Gasteiger partial charge in [0.05, 0.1) is 30.8 Å². The van der Waals surface area contributed by atoms with Crippen LogP contribution in [0, 0.1) is 23.7 Å². The van der Waals surface area contributed by atoms with E-state index < -0.39 is 41.1 Å². The first-order valence-electron chi connectivity index (χ1n) is 13.2. The van der Waals surface area contributed by atoms with Gasteiger partial charge in [0.25, 0.3) is 0 Å². The van der Waals surface area contributed by atoms with E-state index in [0.29, 0.717) is 12.1 Å². The van der Waals surface area contributed by atoms with Crippen molar-refractivity contribution in [3.8, 4) is 0 Å². The molecule has 37 heavy (non-hydrogen) atoms. The molecule has 2 aromatic rings. The molecule has 2 N–H and O–H groups in total. The molecule has 3 aliphatic rings. The molecule has 2 aromatic carbocycles. The third kappa shape index (κ3) is 3.67. The first-order valence-corrected chi connectivity index (χ1v) is 13.2. The molecule has 3 aliphatic heterocycles. The number of nitrogens with zero attached hydrogens (tertiary/aromatic N) is 1. The average molecular weight is 509 g/mol. The Labute approximate surface area is 217 Å². The van der Waals surface area contributed by atoms with Gasteiger partial charge < -0.3 is 24.8 Å². The molecule has 0 aliphatic carbocycles. The summed E-state index contributed by atoms with van der Waals surface area (Å²) in [5, 5.41) is 15.4. The summed E-state index contributed by atoms with van der Waals surface area (Å²) < 4.78 is 12.1. The number of amides is 2. The predicted molar refractivity (Wildman–Crippen MR) is 139 cm³/mol. The van der Waals surface area contributed by atoms with Gasteiger partial charge in [0.1, 0.15) is 17.6 Å². The van der Waals surface area contributed by atoms with E-state index in [-0.39, 0.29) is 36.9 Å². The number of hydrogen-bond donors (Lipinski definition) is 2. The predicted octanol–water partition coefficient (Wildman–Crippen LogP) is 3.37. The van der Waals surface area contributed by atoms with E-state index in [1.54, 1.807) is 6.92 Å². The number of carbonyl (C=O) groups is 3. The number of benzene rings is 2. The van der Waals surface area contributed by atoms with Crippen LogP contribution in [0.5, 0.6) is 0 Å². The number of esters is 1. The molecule has 1 spiro atoms.